The molecule has 1 aromatic heterocycles. The monoisotopic (exact) mass is 284 g/mol. The van der Waals surface area contributed by atoms with Gasteiger partial charge in [0, 0.05) is 24.3 Å². The van der Waals surface area contributed by atoms with Gasteiger partial charge in [0.2, 0.25) is 0 Å². The summed E-state index contributed by atoms with van der Waals surface area (Å²) in [5.74, 6) is 0.696. The van der Waals surface area contributed by atoms with Crippen LogP contribution in [0.15, 0.2) is 55.0 Å². The van der Waals surface area contributed by atoms with Gasteiger partial charge in [-0.1, -0.05) is 36.4 Å². The third-order valence-corrected chi connectivity index (χ3v) is 3.80. The second-order valence-electron chi connectivity index (χ2n) is 4.99. The van der Waals surface area contributed by atoms with Crippen LogP contribution in [0.25, 0.3) is 10.8 Å². The molecule has 0 unspecified atom stereocenters. The molecule has 0 aliphatic carbocycles. The van der Waals surface area contributed by atoms with Crippen molar-refractivity contribution in [1.82, 2.24) is 9.55 Å². The van der Waals surface area contributed by atoms with E-state index in [1.807, 2.05) is 12.5 Å². The lowest BCUT2D eigenvalue weighted by Crippen LogP contribution is -2.03. The Bertz CT molecular complexity index is 703. The zero-order valence-corrected chi connectivity index (χ0v) is 12.1. The predicted molar refractivity (Wildman–Crippen MR) is 84.3 cm³/mol. The first kappa shape index (κ1) is 13.2. The zero-order chi connectivity index (χ0) is 13.8. The molecule has 0 saturated carbocycles. The van der Waals surface area contributed by atoms with Crippen molar-refractivity contribution in [3.8, 4) is 0 Å². The lowest BCUT2D eigenvalue weighted by Gasteiger charge is -2.09. The van der Waals surface area contributed by atoms with Crippen molar-refractivity contribution in [3.05, 3.63) is 66.2 Å². The Hall–Kier alpha value is -1.80. The molecule has 2 aromatic carbocycles. The maximum absolute atomic E-state index is 5.77. The number of aryl methyl sites for hydroxylation is 1. The number of fused-ring (bicyclic) bond motifs is 1. The Morgan fingerprint density at radius 2 is 1.90 bits per heavy atom. The topological polar surface area (TPSA) is 17.8 Å². The van der Waals surface area contributed by atoms with Gasteiger partial charge in [-0.25, -0.2) is 4.98 Å². The summed E-state index contributed by atoms with van der Waals surface area (Å²) in [6, 6.07) is 15.1. The molecular formula is C17H17ClN2. The maximum atomic E-state index is 5.77. The van der Waals surface area contributed by atoms with Crippen molar-refractivity contribution in [2.24, 2.45) is 0 Å². The number of hydrogen-bond acceptors (Lipinski definition) is 1. The second-order valence-corrected chi connectivity index (χ2v) is 5.36. The minimum absolute atomic E-state index is 0.696. The van der Waals surface area contributed by atoms with Gasteiger partial charge in [-0.3, -0.25) is 0 Å². The highest BCUT2D eigenvalue weighted by molar-refractivity contribution is 6.17. The molecule has 3 aromatic rings. The Morgan fingerprint density at radius 3 is 2.75 bits per heavy atom. The van der Waals surface area contributed by atoms with E-state index in [1.165, 1.54) is 22.0 Å². The molecule has 0 radical (unpaired) electrons. The van der Waals surface area contributed by atoms with Crippen LogP contribution in [0.3, 0.4) is 0 Å². The summed E-state index contributed by atoms with van der Waals surface area (Å²) >= 11 is 5.77. The minimum Gasteiger partial charge on any atom is -0.330 e. The molecule has 1 heterocycles. The Morgan fingerprint density at radius 1 is 1.05 bits per heavy atom. The van der Waals surface area contributed by atoms with E-state index >= 15 is 0 Å². The van der Waals surface area contributed by atoms with Gasteiger partial charge in [-0.15, -0.1) is 11.6 Å². The average Bonchev–Trinajstić information content (AvgIpc) is 2.92. The van der Waals surface area contributed by atoms with Gasteiger partial charge >= 0.3 is 0 Å². The smallest absolute Gasteiger partial charge is 0.0951 e. The first-order valence-electron chi connectivity index (χ1n) is 6.89. The van der Waals surface area contributed by atoms with E-state index in [9.17, 15) is 0 Å². The molecule has 0 amide bonds. The molecular weight excluding hydrogens is 268 g/mol. The largest absolute Gasteiger partial charge is 0.330 e. The molecule has 0 fully saturated rings. The van der Waals surface area contributed by atoms with Crippen molar-refractivity contribution >= 4 is 22.4 Å². The minimum atomic E-state index is 0.696. The quantitative estimate of drug-likeness (QED) is 0.640. The SMILES string of the molecule is ClCCCc1cncn1Cc1ccc2ccccc2c1. The average molecular weight is 285 g/mol. The van der Waals surface area contributed by atoms with Crippen LogP contribution in [0.5, 0.6) is 0 Å². The van der Waals surface area contributed by atoms with E-state index in [0.29, 0.717) is 5.88 Å². The van der Waals surface area contributed by atoms with Gasteiger partial charge in [0.1, 0.15) is 0 Å². The van der Waals surface area contributed by atoms with Crippen molar-refractivity contribution in [2.75, 3.05) is 5.88 Å². The highest BCUT2D eigenvalue weighted by Crippen LogP contribution is 2.17. The number of benzene rings is 2. The van der Waals surface area contributed by atoms with Crippen LogP contribution >= 0.6 is 11.6 Å². The fraction of sp³-hybridized carbons (Fsp3) is 0.235. The molecule has 0 saturated heterocycles. The molecule has 0 bridgehead atoms. The van der Waals surface area contributed by atoms with E-state index in [-0.39, 0.29) is 0 Å². The van der Waals surface area contributed by atoms with E-state index in [4.69, 9.17) is 11.6 Å². The molecule has 0 atom stereocenters. The maximum Gasteiger partial charge on any atom is 0.0951 e. The summed E-state index contributed by atoms with van der Waals surface area (Å²) in [5.41, 5.74) is 2.55. The van der Waals surface area contributed by atoms with E-state index in [1.54, 1.807) is 0 Å². The van der Waals surface area contributed by atoms with Gasteiger partial charge in [0.05, 0.1) is 6.33 Å². The van der Waals surface area contributed by atoms with Crippen molar-refractivity contribution in [1.29, 1.82) is 0 Å². The molecule has 102 valence electrons. The number of halogens is 1. The summed E-state index contributed by atoms with van der Waals surface area (Å²) in [4.78, 5) is 4.25. The van der Waals surface area contributed by atoms with Crippen LogP contribution in [0.1, 0.15) is 17.7 Å². The normalized spacial score (nSPS) is 11.1. The highest BCUT2D eigenvalue weighted by Gasteiger charge is 2.03. The fourth-order valence-electron chi connectivity index (χ4n) is 2.48. The fourth-order valence-corrected chi connectivity index (χ4v) is 2.61. The van der Waals surface area contributed by atoms with Crippen LogP contribution < -0.4 is 0 Å². The summed E-state index contributed by atoms with van der Waals surface area (Å²) < 4.78 is 2.21. The Balaban J connectivity index is 1.84. The molecule has 0 N–H and O–H groups in total. The molecule has 3 heteroatoms. The highest BCUT2D eigenvalue weighted by atomic mass is 35.5. The van der Waals surface area contributed by atoms with Gasteiger partial charge < -0.3 is 4.57 Å². The number of alkyl halides is 1. The van der Waals surface area contributed by atoms with Crippen molar-refractivity contribution in [2.45, 2.75) is 19.4 Å². The third-order valence-electron chi connectivity index (χ3n) is 3.53. The summed E-state index contributed by atoms with van der Waals surface area (Å²) in [6.45, 7) is 0.864. The number of nitrogens with zero attached hydrogens (tertiary/aromatic N) is 2. The molecule has 0 aliphatic heterocycles. The number of rotatable bonds is 5. The summed E-state index contributed by atoms with van der Waals surface area (Å²) in [5, 5.41) is 2.57. The molecule has 20 heavy (non-hydrogen) atoms. The van der Waals surface area contributed by atoms with Gasteiger partial charge in [-0.05, 0) is 35.2 Å². The van der Waals surface area contributed by atoms with Crippen molar-refractivity contribution < 1.29 is 0 Å². The van der Waals surface area contributed by atoms with E-state index < -0.39 is 0 Å². The molecule has 0 spiro atoms. The van der Waals surface area contributed by atoms with Crippen LogP contribution in [-0.4, -0.2) is 15.4 Å². The van der Waals surface area contributed by atoms with Crippen LogP contribution in [0, 0.1) is 0 Å². The molecule has 0 aliphatic rings. The van der Waals surface area contributed by atoms with Gasteiger partial charge in [0.15, 0.2) is 0 Å². The first-order chi connectivity index (χ1) is 9.86. The lowest BCUT2D eigenvalue weighted by molar-refractivity contribution is 0.725. The van der Waals surface area contributed by atoms with Crippen molar-refractivity contribution in [3.63, 3.8) is 0 Å². The molecule has 2 nitrogen and oxygen atoms in total. The predicted octanol–water partition coefficient (Wildman–Crippen LogP) is 4.26. The van der Waals surface area contributed by atoms with Gasteiger partial charge in [-0.2, -0.15) is 0 Å². The summed E-state index contributed by atoms with van der Waals surface area (Å²) in [7, 11) is 0. The van der Waals surface area contributed by atoms with Crippen LogP contribution in [-0.2, 0) is 13.0 Å². The first-order valence-corrected chi connectivity index (χ1v) is 7.43. The van der Waals surface area contributed by atoms with Crippen LogP contribution in [0.2, 0.25) is 0 Å². The Kier molecular flexibility index (Phi) is 4.03. The summed E-state index contributed by atoms with van der Waals surface area (Å²) in [6.07, 6.45) is 5.81. The van der Waals surface area contributed by atoms with E-state index in [0.717, 1.165) is 19.4 Å². The zero-order valence-electron chi connectivity index (χ0n) is 11.3. The third kappa shape index (κ3) is 2.86. The second kappa shape index (κ2) is 6.10. The lowest BCUT2D eigenvalue weighted by atomic mass is 10.1. The number of hydrogen-bond donors (Lipinski definition) is 0. The van der Waals surface area contributed by atoms with E-state index in [2.05, 4.69) is 52.0 Å². The van der Waals surface area contributed by atoms with Gasteiger partial charge in [0.25, 0.3) is 0 Å². The standard InChI is InChI=1S/C17H17ClN2/c18-9-3-6-17-11-19-13-20(17)12-14-7-8-15-4-1-2-5-16(15)10-14/h1-2,4-5,7-8,10-11,13H,3,6,9,12H2. The number of imidazole rings is 1. The molecule has 3 rings (SSSR count). The number of aromatic nitrogens is 2. The van der Waals surface area contributed by atoms with Crippen LogP contribution in [0.4, 0.5) is 0 Å². The Labute approximate surface area is 124 Å².